The van der Waals surface area contributed by atoms with Gasteiger partial charge in [0.25, 0.3) is 0 Å². The van der Waals surface area contributed by atoms with Gasteiger partial charge in [0.1, 0.15) is 12.4 Å². The number of piperidine rings is 1. The summed E-state index contributed by atoms with van der Waals surface area (Å²) in [7, 11) is 1.76. The van der Waals surface area contributed by atoms with Gasteiger partial charge in [0, 0.05) is 32.7 Å². The number of nitrogens with zero attached hydrogens (tertiary/aromatic N) is 1. The second-order valence-electron chi connectivity index (χ2n) is 9.77. The minimum absolute atomic E-state index is 0.180. The van der Waals surface area contributed by atoms with Gasteiger partial charge >= 0.3 is 0 Å². The van der Waals surface area contributed by atoms with Crippen molar-refractivity contribution in [1.82, 2.24) is 5.32 Å². The van der Waals surface area contributed by atoms with E-state index in [1.165, 1.54) is 22.4 Å². The van der Waals surface area contributed by atoms with Crippen molar-refractivity contribution in [3.05, 3.63) is 59.2 Å². The predicted octanol–water partition coefficient (Wildman–Crippen LogP) is 4.78. The zero-order valence-corrected chi connectivity index (χ0v) is 20.5. The van der Waals surface area contributed by atoms with Crippen LogP contribution in [0.25, 0.3) is 0 Å². The van der Waals surface area contributed by atoms with Crippen LogP contribution < -0.4 is 15.0 Å². The molecule has 2 atom stereocenters. The number of hydrogen-bond acceptors (Lipinski definition) is 5. The lowest BCUT2D eigenvalue weighted by Crippen LogP contribution is -2.41. The van der Waals surface area contributed by atoms with Gasteiger partial charge in [-0.05, 0) is 60.5 Å². The molecule has 0 amide bonds. The molecule has 0 aromatic heterocycles. The minimum Gasteiger partial charge on any atom is -0.490 e. The first kappa shape index (κ1) is 24.1. The van der Waals surface area contributed by atoms with E-state index in [9.17, 15) is 0 Å². The fraction of sp³-hybridized carbons (Fsp3) is 0.571. The fourth-order valence-electron chi connectivity index (χ4n) is 5.00. The Morgan fingerprint density at radius 2 is 1.94 bits per heavy atom. The number of methoxy groups -OCH3 is 1. The van der Waals surface area contributed by atoms with Crippen LogP contribution in [0.2, 0.25) is 0 Å². The van der Waals surface area contributed by atoms with Gasteiger partial charge in [-0.15, -0.1) is 0 Å². The van der Waals surface area contributed by atoms with Crippen LogP contribution in [0.4, 0.5) is 5.69 Å². The number of benzene rings is 2. The van der Waals surface area contributed by atoms with Crippen LogP contribution in [-0.4, -0.2) is 52.6 Å². The Balaban J connectivity index is 1.40. The zero-order valence-electron chi connectivity index (χ0n) is 20.5. The standard InChI is InChI=1S/C28H40N2O3/c1-21(2)17-22-5-8-24(9-6-22)25-11-12-29-19-28(25)33-20-23-7-10-27-26(18-23)30(14-16-32-27)13-4-15-31-3/h5-10,18,21,25,28-29H,4,11-17,19-20H2,1-3H3/t25?,28-/m0/s1. The van der Waals surface area contributed by atoms with E-state index in [0.29, 0.717) is 18.4 Å². The summed E-state index contributed by atoms with van der Waals surface area (Å²) in [4.78, 5) is 2.41. The molecule has 0 aliphatic carbocycles. The summed E-state index contributed by atoms with van der Waals surface area (Å²) >= 11 is 0. The molecule has 1 saturated heterocycles. The van der Waals surface area contributed by atoms with Gasteiger partial charge < -0.3 is 24.4 Å². The highest BCUT2D eigenvalue weighted by Gasteiger charge is 2.27. The van der Waals surface area contributed by atoms with Crippen molar-refractivity contribution >= 4 is 5.69 Å². The molecular formula is C28H40N2O3. The minimum atomic E-state index is 0.180. The fourth-order valence-corrected chi connectivity index (χ4v) is 5.00. The van der Waals surface area contributed by atoms with Crippen molar-refractivity contribution in [3.63, 3.8) is 0 Å². The highest BCUT2D eigenvalue weighted by Crippen LogP contribution is 2.34. The summed E-state index contributed by atoms with van der Waals surface area (Å²) < 4.78 is 17.6. The first-order valence-corrected chi connectivity index (χ1v) is 12.5. The van der Waals surface area contributed by atoms with Gasteiger partial charge in [0.2, 0.25) is 0 Å². The predicted molar refractivity (Wildman–Crippen MR) is 134 cm³/mol. The van der Waals surface area contributed by atoms with Crippen molar-refractivity contribution in [2.75, 3.05) is 51.4 Å². The molecule has 0 saturated carbocycles. The average Bonchev–Trinajstić information content (AvgIpc) is 2.83. The molecule has 33 heavy (non-hydrogen) atoms. The third-order valence-corrected chi connectivity index (χ3v) is 6.70. The van der Waals surface area contributed by atoms with Crippen LogP contribution in [-0.2, 0) is 22.5 Å². The van der Waals surface area contributed by atoms with Crippen LogP contribution in [0.5, 0.6) is 5.75 Å². The van der Waals surface area contributed by atoms with Gasteiger partial charge in [0.05, 0.1) is 24.9 Å². The van der Waals surface area contributed by atoms with Crippen molar-refractivity contribution < 1.29 is 14.2 Å². The molecule has 1 fully saturated rings. The summed E-state index contributed by atoms with van der Waals surface area (Å²) in [6, 6.07) is 15.7. The number of ether oxygens (including phenoxy) is 3. The van der Waals surface area contributed by atoms with Crippen molar-refractivity contribution in [2.24, 2.45) is 5.92 Å². The SMILES string of the molecule is COCCCN1CCOc2ccc(CO[C@H]3CNCCC3c3ccc(CC(C)C)cc3)cc21. The Labute approximate surface area is 199 Å². The Kier molecular flexibility index (Phi) is 8.65. The molecule has 0 radical (unpaired) electrons. The van der Waals surface area contributed by atoms with E-state index in [2.05, 4.69) is 66.5 Å². The normalized spacial score (nSPS) is 20.5. The molecular weight excluding hydrogens is 412 g/mol. The summed E-state index contributed by atoms with van der Waals surface area (Å²) in [5.74, 6) is 2.09. The molecule has 2 aliphatic rings. The maximum absolute atomic E-state index is 6.51. The van der Waals surface area contributed by atoms with E-state index in [4.69, 9.17) is 14.2 Å². The van der Waals surface area contributed by atoms with Gasteiger partial charge in [-0.25, -0.2) is 0 Å². The molecule has 1 unspecified atom stereocenters. The first-order valence-electron chi connectivity index (χ1n) is 12.5. The Morgan fingerprint density at radius 1 is 1.12 bits per heavy atom. The highest BCUT2D eigenvalue weighted by atomic mass is 16.5. The van der Waals surface area contributed by atoms with E-state index < -0.39 is 0 Å². The van der Waals surface area contributed by atoms with Crippen molar-refractivity contribution in [3.8, 4) is 5.75 Å². The number of fused-ring (bicyclic) bond motifs is 1. The van der Waals surface area contributed by atoms with E-state index in [1.54, 1.807) is 7.11 Å². The molecule has 5 heteroatoms. The van der Waals surface area contributed by atoms with Crippen molar-refractivity contribution in [2.45, 2.75) is 51.7 Å². The lowest BCUT2D eigenvalue weighted by atomic mass is 9.87. The number of hydrogen-bond donors (Lipinski definition) is 1. The van der Waals surface area contributed by atoms with Crippen LogP contribution in [0, 0.1) is 5.92 Å². The van der Waals surface area contributed by atoms with Crippen LogP contribution >= 0.6 is 0 Å². The first-order chi connectivity index (χ1) is 16.1. The largest absolute Gasteiger partial charge is 0.490 e. The molecule has 2 heterocycles. The van der Waals surface area contributed by atoms with E-state index in [1.807, 2.05) is 0 Å². The maximum Gasteiger partial charge on any atom is 0.142 e. The zero-order chi connectivity index (χ0) is 23.0. The summed E-state index contributed by atoms with van der Waals surface area (Å²) in [6.07, 6.45) is 3.44. The van der Waals surface area contributed by atoms with Gasteiger partial charge in [0.15, 0.2) is 0 Å². The Bertz CT molecular complexity index is 868. The van der Waals surface area contributed by atoms with Gasteiger partial charge in [-0.2, -0.15) is 0 Å². The lowest BCUT2D eigenvalue weighted by Gasteiger charge is -2.33. The summed E-state index contributed by atoms with van der Waals surface area (Å²) in [6.45, 7) is 10.5. The average molecular weight is 453 g/mol. The summed E-state index contributed by atoms with van der Waals surface area (Å²) in [5, 5.41) is 3.53. The monoisotopic (exact) mass is 452 g/mol. The summed E-state index contributed by atoms with van der Waals surface area (Å²) in [5.41, 5.74) is 5.20. The molecule has 1 N–H and O–H groups in total. The number of rotatable bonds is 10. The van der Waals surface area contributed by atoms with Gasteiger partial charge in [-0.1, -0.05) is 44.2 Å². The molecule has 4 rings (SSSR count). The van der Waals surface area contributed by atoms with Crippen molar-refractivity contribution in [1.29, 1.82) is 0 Å². The van der Waals surface area contributed by atoms with Gasteiger partial charge in [-0.3, -0.25) is 0 Å². The third-order valence-electron chi connectivity index (χ3n) is 6.70. The quantitative estimate of drug-likeness (QED) is 0.526. The van der Waals surface area contributed by atoms with Crippen LogP contribution in [0.15, 0.2) is 42.5 Å². The van der Waals surface area contributed by atoms with Crippen LogP contribution in [0.1, 0.15) is 49.3 Å². The Morgan fingerprint density at radius 3 is 2.73 bits per heavy atom. The maximum atomic E-state index is 6.51. The Hall–Kier alpha value is -2.08. The second kappa shape index (κ2) is 11.9. The molecule has 180 valence electrons. The molecule has 0 spiro atoms. The van der Waals surface area contributed by atoms with E-state index in [0.717, 1.165) is 64.4 Å². The topological polar surface area (TPSA) is 43.0 Å². The molecule has 2 aromatic rings. The molecule has 2 aromatic carbocycles. The van der Waals surface area contributed by atoms with E-state index >= 15 is 0 Å². The third kappa shape index (κ3) is 6.50. The number of nitrogens with one attached hydrogen (secondary N) is 1. The number of anilines is 1. The highest BCUT2D eigenvalue weighted by molar-refractivity contribution is 5.61. The van der Waals surface area contributed by atoms with E-state index in [-0.39, 0.29) is 6.10 Å². The molecule has 0 bridgehead atoms. The molecule has 2 aliphatic heterocycles. The second-order valence-corrected chi connectivity index (χ2v) is 9.77. The van der Waals surface area contributed by atoms with Crippen LogP contribution in [0.3, 0.4) is 0 Å². The smallest absolute Gasteiger partial charge is 0.142 e. The molecule has 5 nitrogen and oxygen atoms in total. The lowest BCUT2D eigenvalue weighted by molar-refractivity contribution is 0.0106.